The Hall–Kier alpha value is -1.35. The van der Waals surface area contributed by atoms with E-state index in [2.05, 4.69) is 0 Å². The van der Waals surface area contributed by atoms with Crippen LogP contribution in [0, 0.1) is 0 Å². The predicted octanol–water partition coefficient (Wildman–Crippen LogP) is 1.82. The van der Waals surface area contributed by atoms with Crippen molar-refractivity contribution in [1.29, 1.82) is 0 Å². The molecule has 2 rings (SSSR count). The first-order valence-electron chi connectivity index (χ1n) is 5.55. The Bertz CT molecular complexity index is 377. The summed E-state index contributed by atoms with van der Waals surface area (Å²) in [7, 11) is 1.95. The van der Waals surface area contributed by atoms with Crippen LogP contribution >= 0.6 is 0 Å². The first-order chi connectivity index (χ1) is 7.63. The fourth-order valence-electron chi connectivity index (χ4n) is 1.81. The van der Waals surface area contributed by atoms with Crippen LogP contribution in [-0.4, -0.2) is 30.0 Å². The first-order valence-corrected chi connectivity index (χ1v) is 5.55. The number of benzene rings is 1. The summed E-state index contributed by atoms with van der Waals surface area (Å²) in [6, 6.07) is 9.76. The van der Waals surface area contributed by atoms with E-state index in [1.54, 1.807) is 0 Å². The largest absolute Gasteiger partial charge is 0.459 e. The van der Waals surface area contributed by atoms with E-state index >= 15 is 0 Å². The maximum atomic E-state index is 11.9. The Balaban J connectivity index is 1.89. The van der Waals surface area contributed by atoms with Crippen LogP contribution in [-0.2, 0) is 16.1 Å². The van der Waals surface area contributed by atoms with Gasteiger partial charge in [0.2, 0.25) is 0 Å². The van der Waals surface area contributed by atoms with Crippen molar-refractivity contribution in [3.8, 4) is 0 Å². The fourth-order valence-corrected chi connectivity index (χ4v) is 1.81. The Labute approximate surface area is 96.0 Å². The highest BCUT2D eigenvalue weighted by atomic mass is 16.5. The van der Waals surface area contributed by atoms with Gasteiger partial charge in [0.15, 0.2) is 0 Å². The number of likely N-dealkylation sites (tertiary alicyclic amines) is 1. The summed E-state index contributed by atoms with van der Waals surface area (Å²) in [6.45, 7) is 3.27. The third-order valence-corrected chi connectivity index (χ3v) is 3.43. The molecule has 1 aliphatic heterocycles. The molecule has 0 unspecified atom stereocenters. The molecule has 0 spiro atoms. The molecule has 1 fully saturated rings. The number of likely N-dealkylation sites (N-methyl/N-ethyl adjacent to an activating group) is 1. The van der Waals surface area contributed by atoms with E-state index in [-0.39, 0.29) is 5.97 Å². The molecule has 1 aliphatic rings. The zero-order chi connectivity index (χ0) is 11.6. The molecule has 0 amide bonds. The second-order valence-electron chi connectivity index (χ2n) is 4.51. The lowest BCUT2D eigenvalue weighted by Crippen LogP contribution is -2.61. The van der Waals surface area contributed by atoms with E-state index in [1.807, 2.05) is 49.2 Å². The van der Waals surface area contributed by atoms with Crippen molar-refractivity contribution in [1.82, 2.24) is 4.90 Å². The van der Waals surface area contributed by atoms with Gasteiger partial charge in [-0.1, -0.05) is 30.3 Å². The van der Waals surface area contributed by atoms with Gasteiger partial charge < -0.3 is 4.74 Å². The van der Waals surface area contributed by atoms with Crippen LogP contribution in [0.25, 0.3) is 0 Å². The molecule has 16 heavy (non-hydrogen) atoms. The third-order valence-electron chi connectivity index (χ3n) is 3.43. The molecular weight excluding hydrogens is 202 g/mol. The van der Waals surface area contributed by atoms with Gasteiger partial charge in [-0.25, -0.2) is 0 Å². The highest BCUT2D eigenvalue weighted by Gasteiger charge is 2.45. The van der Waals surface area contributed by atoms with E-state index in [4.69, 9.17) is 4.74 Å². The lowest BCUT2D eigenvalue weighted by atomic mass is 9.88. The zero-order valence-electron chi connectivity index (χ0n) is 9.77. The van der Waals surface area contributed by atoms with Gasteiger partial charge in [-0.3, -0.25) is 9.69 Å². The summed E-state index contributed by atoms with van der Waals surface area (Å²) < 4.78 is 5.32. The normalized spacial score (nSPS) is 24.9. The number of esters is 1. The molecule has 1 aromatic rings. The van der Waals surface area contributed by atoms with Crippen LogP contribution in [0.15, 0.2) is 30.3 Å². The molecule has 0 aromatic heterocycles. The van der Waals surface area contributed by atoms with Crippen LogP contribution in [0.5, 0.6) is 0 Å². The van der Waals surface area contributed by atoms with E-state index in [9.17, 15) is 4.79 Å². The van der Waals surface area contributed by atoms with Gasteiger partial charge in [0.05, 0.1) is 0 Å². The maximum Gasteiger partial charge on any atom is 0.326 e. The minimum absolute atomic E-state index is 0.120. The number of carbonyl (C=O) groups is 1. The SMILES string of the molecule is CN1CC[C@@]1(C)C(=O)OCc1ccccc1. The minimum atomic E-state index is -0.408. The van der Waals surface area contributed by atoms with Gasteiger partial charge in [0, 0.05) is 6.54 Å². The quantitative estimate of drug-likeness (QED) is 0.726. The fraction of sp³-hybridized carbons (Fsp3) is 0.462. The average Bonchev–Trinajstić information content (AvgIpc) is 2.34. The van der Waals surface area contributed by atoms with E-state index in [0.717, 1.165) is 18.5 Å². The summed E-state index contributed by atoms with van der Waals surface area (Å²) in [6.07, 6.45) is 0.886. The lowest BCUT2D eigenvalue weighted by molar-refractivity contribution is -0.165. The minimum Gasteiger partial charge on any atom is -0.459 e. The maximum absolute atomic E-state index is 11.9. The molecule has 1 heterocycles. The van der Waals surface area contributed by atoms with E-state index in [1.165, 1.54) is 0 Å². The van der Waals surface area contributed by atoms with Crippen molar-refractivity contribution < 1.29 is 9.53 Å². The van der Waals surface area contributed by atoms with Gasteiger partial charge in [0.25, 0.3) is 0 Å². The van der Waals surface area contributed by atoms with Crippen molar-refractivity contribution in [2.24, 2.45) is 0 Å². The molecule has 1 aromatic carbocycles. The van der Waals surface area contributed by atoms with E-state index in [0.29, 0.717) is 6.61 Å². The molecule has 0 radical (unpaired) electrons. The lowest BCUT2D eigenvalue weighted by Gasteiger charge is -2.45. The number of rotatable bonds is 3. The van der Waals surface area contributed by atoms with Crippen LogP contribution in [0.2, 0.25) is 0 Å². The molecular formula is C13H17NO2. The van der Waals surface area contributed by atoms with Crippen LogP contribution in [0.4, 0.5) is 0 Å². The monoisotopic (exact) mass is 219 g/mol. The number of carbonyl (C=O) groups excluding carboxylic acids is 1. The van der Waals surface area contributed by atoms with Crippen molar-refractivity contribution in [3.63, 3.8) is 0 Å². The predicted molar refractivity (Wildman–Crippen MR) is 61.9 cm³/mol. The molecule has 0 N–H and O–H groups in total. The molecule has 0 saturated carbocycles. The Kier molecular flexibility index (Phi) is 2.97. The smallest absolute Gasteiger partial charge is 0.326 e. The summed E-state index contributed by atoms with van der Waals surface area (Å²) in [5.41, 5.74) is 0.621. The van der Waals surface area contributed by atoms with Crippen molar-refractivity contribution in [2.45, 2.75) is 25.5 Å². The summed E-state index contributed by atoms with van der Waals surface area (Å²) in [5.74, 6) is -0.120. The molecule has 1 saturated heterocycles. The van der Waals surface area contributed by atoms with Gasteiger partial charge in [-0.05, 0) is 26.0 Å². The standard InChI is InChI=1S/C13H17NO2/c1-13(8-9-14(13)2)12(15)16-10-11-6-4-3-5-7-11/h3-7H,8-10H2,1-2H3/t13-/m0/s1. The van der Waals surface area contributed by atoms with Gasteiger partial charge in [0.1, 0.15) is 12.1 Å². The van der Waals surface area contributed by atoms with Gasteiger partial charge in [-0.15, -0.1) is 0 Å². The summed E-state index contributed by atoms with van der Waals surface area (Å²) in [4.78, 5) is 13.9. The average molecular weight is 219 g/mol. The zero-order valence-corrected chi connectivity index (χ0v) is 9.77. The highest BCUT2D eigenvalue weighted by Crippen LogP contribution is 2.29. The number of nitrogens with zero attached hydrogens (tertiary/aromatic N) is 1. The Morgan fingerprint density at radius 2 is 2.12 bits per heavy atom. The van der Waals surface area contributed by atoms with Gasteiger partial charge >= 0.3 is 5.97 Å². The third kappa shape index (κ3) is 1.95. The topological polar surface area (TPSA) is 29.5 Å². The van der Waals surface area contributed by atoms with Crippen molar-refractivity contribution in [2.75, 3.05) is 13.6 Å². The number of ether oxygens (including phenoxy) is 1. The van der Waals surface area contributed by atoms with Crippen LogP contribution in [0.1, 0.15) is 18.9 Å². The van der Waals surface area contributed by atoms with Crippen molar-refractivity contribution >= 4 is 5.97 Å². The second kappa shape index (κ2) is 4.26. The summed E-state index contributed by atoms with van der Waals surface area (Å²) in [5, 5.41) is 0. The van der Waals surface area contributed by atoms with Crippen molar-refractivity contribution in [3.05, 3.63) is 35.9 Å². The Morgan fingerprint density at radius 3 is 2.62 bits per heavy atom. The Morgan fingerprint density at radius 1 is 1.44 bits per heavy atom. The molecule has 0 bridgehead atoms. The number of hydrogen-bond acceptors (Lipinski definition) is 3. The highest BCUT2D eigenvalue weighted by molar-refractivity contribution is 5.81. The molecule has 3 nitrogen and oxygen atoms in total. The van der Waals surface area contributed by atoms with Gasteiger partial charge in [-0.2, -0.15) is 0 Å². The van der Waals surface area contributed by atoms with Crippen LogP contribution in [0.3, 0.4) is 0 Å². The summed E-state index contributed by atoms with van der Waals surface area (Å²) >= 11 is 0. The molecule has 3 heteroatoms. The molecule has 86 valence electrons. The number of hydrogen-bond donors (Lipinski definition) is 0. The molecule has 0 aliphatic carbocycles. The van der Waals surface area contributed by atoms with E-state index < -0.39 is 5.54 Å². The molecule has 1 atom stereocenters. The van der Waals surface area contributed by atoms with Crippen LogP contribution < -0.4 is 0 Å². The second-order valence-corrected chi connectivity index (χ2v) is 4.51. The first kappa shape index (κ1) is 11.1.